The van der Waals surface area contributed by atoms with Crippen molar-refractivity contribution in [3.05, 3.63) is 35.3 Å². The zero-order chi connectivity index (χ0) is 14.3. The lowest BCUT2D eigenvalue weighted by atomic mass is 10.1. The minimum Gasteiger partial charge on any atom is -0.357 e. The van der Waals surface area contributed by atoms with Crippen LogP contribution in [0, 0.1) is 5.82 Å². The van der Waals surface area contributed by atoms with Crippen LogP contribution in [-0.2, 0) is 17.8 Å². The highest BCUT2D eigenvalue weighted by molar-refractivity contribution is 5.88. The molecule has 106 valence electrons. The molecule has 0 radical (unpaired) electrons. The molecule has 2 N–H and O–H groups in total. The minimum atomic E-state index is -1.66. The number of hydrogen-bond donors (Lipinski definition) is 2. The molecule has 0 atom stereocenters. The first-order chi connectivity index (χ1) is 9.51. The van der Waals surface area contributed by atoms with Gasteiger partial charge in [-0.3, -0.25) is 4.79 Å². The number of halogens is 2. The standard InChI is InChI=1S/C15H16F2N2O/c1-2-9-7-13-10(6-12(9)16)5-11(19-13)8-18-14(20)15(17)3-4-15/h5-7,19H,2-4,8H2,1H3,(H,18,20). The molecule has 1 aromatic heterocycles. The number of aromatic nitrogens is 1. The maximum absolute atomic E-state index is 13.7. The van der Waals surface area contributed by atoms with E-state index < -0.39 is 11.6 Å². The van der Waals surface area contributed by atoms with Crippen LogP contribution in [0.2, 0.25) is 0 Å². The van der Waals surface area contributed by atoms with E-state index >= 15 is 0 Å². The Labute approximate surface area is 115 Å². The zero-order valence-electron chi connectivity index (χ0n) is 11.2. The molecule has 1 amide bonds. The van der Waals surface area contributed by atoms with Crippen molar-refractivity contribution in [3.63, 3.8) is 0 Å². The van der Waals surface area contributed by atoms with Crippen LogP contribution in [0.25, 0.3) is 10.9 Å². The van der Waals surface area contributed by atoms with E-state index in [1.165, 1.54) is 6.07 Å². The summed E-state index contributed by atoms with van der Waals surface area (Å²) in [5.41, 5.74) is 0.558. The van der Waals surface area contributed by atoms with E-state index in [1.807, 2.05) is 6.92 Å². The highest BCUT2D eigenvalue weighted by Gasteiger charge is 2.50. The largest absolute Gasteiger partial charge is 0.357 e. The molecule has 0 unspecified atom stereocenters. The van der Waals surface area contributed by atoms with Gasteiger partial charge in [0, 0.05) is 16.6 Å². The van der Waals surface area contributed by atoms with Crippen molar-refractivity contribution in [3.8, 4) is 0 Å². The third-order valence-electron chi connectivity index (χ3n) is 3.76. The van der Waals surface area contributed by atoms with Crippen LogP contribution in [0.4, 0.5) is 8.78 Å². The monoisotopic (exact) mass is 278 g/mol. The van der Waals surface area contributed by atoms with Gasteiger partial charge < -0.3 is 10.3 Å². The number of hydrogen-bond acceptors (Lipinski definition) is 1. The molecule has 0 aliphatic heterocycles. The SMILES string of the molecule is CCc1cc2[nH]c(CNC(=O)C3(F)CC3)cc2cc1F. The lowest BCUT2D eigenvalue weighted by Gasteiger charge is -2.05. The molecule has 5 heteroatoms. The lowest BCUT2D eigenvalue weighted by molar-refractivity contribution is -0.127. The van der Waals surface area contributed by atoms with Crippen molar-refractivity contribution in [1.82, 2.24) is 10.3 Å². The highest BCUT2D eigenvalue weighted by Crippen LogP contribution is 2.39. The van der Waals surface area contributed by atoms with E-state index in [0.717, 1.165) is 16.6 Å². The van der Waals surface area contributed by atoms with Gasteiger partial charge in [0.15, 0.2) is 5.67 Å². The summed E-state index contributed by atoms with van der Waals surface area (Å²) < 4.78 is 27.2. The van der Waals surface area contributed by atoms with Crippen molar-refractivity contribution in [1.29, 1.82) is 0 Å². The van der Waals surface area contributed by atoms with Crippen molar-refractivity contribution < 1.29 is 13.6 Å². The molecule has 1 saturated carbocycles. The lowest BCUT2D eigenvalue weighted by Crippen LogP contribution is -2.32. The Bertz CT molecular complexity index is 674. The van der Waals surface area contributed by atoms with Gasteiger partial charge in [-0.1, -0.05) is 6.92 Å². The van der Waals surface area contributed by atoms with Gasteiger partial charge in [0.1, 0.15) is 5.82 Å². The second-order valence-corrected chi connectivity index (χ2v) is 5.33. The summed E-state index contributed by atoms with van der Waals surface area (Å²) >= 11 is 0. The zero-order valence-corrected chi connectivity index (χ0v) is 11.2. The Morgan fingerprint density at radius 2 is 2.15 bits per heavy atom. The number of aromatic amines is 1. The first-order valence-electron chi connectivity index (χ1n) is 6.79. The summed E-state index contributed by atoms with van der Waals surface area (Å²) in [5, 5.41) is 3.32. The third kappa shape index (κ3) is 2.28. The Kier molecular flexibility index (Phi) is 3.00. The Morgan fingerprint density at radius 3 is 2.80 bits per heavy atom. The van der Waals surface area contributed by atoms with Gasteiger partial charge in [-0.15, -0.1) is 0 Å². The number of alkyl halides is 1. The topological polar surface area (TPSA) is 44.9 Å². The molecule has 0 bridgehead atoms. The predicted octanol–water partition coefficient (Wildman–Crippen LogP) is 2.99. The van der Waals surface area contributed by atoms with Crippen LogP contribution in [-0.4, -0.2) is 16.6 Å². The second-order valence-electron chi connectivity index (χ2n) is 5.33. The van der Waals surface area contributed by atoms with Crippen LogP contribution in [0.5, 0.6) is 0 Å². The highest BCUT2D eigenvalue weighted by atomic mass is 19.1. The molecule has 3 nitrogen and oxygen atoms in total. The Balaban J connectivity index is 1.77. The number of fused-ring (bicyclic) bond motifs is 1. The van der Waals surface area contributed by atoms with Crippen molar-refractivity contribution >= 4 is 16.8 Å². The Morgan fingerprint density at radius 1 is 1.40 bits per heavy atom. The number of aryl methyl sites for hydroxylation is 1. The number of nitrogens with one attached hydrogen (secondary N) is 2. The fourth-order valence-electron chi connectivity index (χ4n) is 2.29. The van der Waals surface area contributed by atoms with E-state index in [1.54, 1.807) is 12.1 Å². The number of amides is 1. The smallest absolute Gasteiger partial charge is 0.257 e. The van der Waals surface area contributed by atoms with Crippen molar-refractivity contribution in [2.75, 3.05) is 0 Å². The summed E-state index contributed by atoms with van der Waals surface area (Å²) in [7, 11) is 0. The summed E-state index contributed by atoms with van der Waals surface area (Å²) in [4.78, 5) is 14.6. The minimum absolute atomic E-state index is 0.224. The summed E-state index contributed by atoms with van der Waals surface area (Å²) in [6.07, 6.45) is 1.23. The molecule has 1 aliphatic rings. The second kappa shape index (κ2) is 4.58. The average molecular weight is 278 g/mol. The molecule has 0 saturated heterocycles. The normalized spacial score (nSPS) is 16.4. The van der Waals surface area contributed by atoms with Gasteiger partial charge in [-0.05, 0) is 43.0 Å². The van der Waals surface area contributed by atoms with Gasteiger partial charge >= 0.3 is 0 Å². The molecule has 20 heavy (non-hydrogen) atoms. The molecule has 1 aliphatic carbocycles. The van der Waals surface area contributed by atoms with E-state index in [0.29, 0.717) is 24.8 Å². The molecule has 2 aromatic rings. The fourth-order valence-corrected chi connectivity index (χ4v) is 2.29. The van der Waals surface area contributed by atoms with Gasteiger partial charge in [0.05, 0.1) is 6.54 Å². The number of carbonyl (C=O) groups is 1. The average Bonchev–Trinajstić information content (AvgIpc) is 3.05. The number of carbonyl (C=O) groups excluding carboxylic acids is 1. The summed E-state index contributed by atoms with van der Waals surface area (Å²) in [6.45, 7) is 2.12. The van der Waals surface area contributed by atoms with Crippen LogP contribution < -0.4 is 5.32 Å². The van der Waals surface area contributed by atoms with Crippen LogP contribution in [0.15, 0.2) is 18.2 Å². The van der Waals surface area contributed by atoms with Gasteiger partial charge in [-0.2, -0.15) is 0 Å². The number of H-pyrrole nitrogens is 1. The molecule has 1 fully saturated rings. The molecule has 0 spiro atoms. The maximum atomic E-state index is 13.7. The molecule has 3 rings (SSSR count). The predicted molar refractivity (Wildman–Crippen MR) is 72.6 cm³/mol. The van der Waals surface area contributed by atoms with Gasteiger partial charge in [0.25, 0.3) is 5.91 Å². The van der Waals surface area contributed by atoms with E-state index in [-0.39, 0.29) is 12.4 Å². The van der Waals surface area contributed by atoms with E-state index in [9.17, 15) is 13.6 Å². The number of benzene rings is 1. The van der Waals surface area contributed by atoms with Crippen molar-refractivity contribution in [2.24, 2.45) is 0 Å². The van der Waals surface area contributed by atoms with Crippen molar-refractivity contribution in [2.45, 2.75) is 38.4 Å². The van der Waals surface area contributed by atoms with Crippen LogP contribution >= 0.6 is 0 Å². The third-order valence-corrected chi connectivity index (χ3v) is 3.76. The molecule has 1 heterocycles. The first kappa shape index (κ1) is 13.1. The summed E-state index contributed by atoms with van der Waals surface area (Å²) in [5.74, 6) is -0.785. The van der Waals surface area contributed by atoms with E-state index in [2.05, 4.69) is 10.3 Å². The number of rotatable bonds is 4. The van der Waals surface area contributed by atoms with E-state index in [4.69, 9.17) is 0 Å². The maximum Gasteiger partial charge on any atom is 0.257 e. The molecular formula is C15H16F2N2O. The fraction of sp³-hybridized carbons (Fsp3) is 0.400. The molecular weight excluding hydrogens is 262 g/mol. The van der Waals surface area contributed by atoms with Crippen LogP contribution in [0.3, 0.4) is 0 Å². The first-order valence-corrected chi connectivity index (χ1v) is 6.79. The quantitative estimate of drug-likeness (QED) is 0.887. The molecule has 1 aromatic carbocycles. The van der Waals surface area contributed by atoms with Crippen LogP contribution in [0.1, 0.15) is 31.0 Å². The summed E-state index contributed by atoms with van der Waals surface area (Å²) in [6, 6.07) is 5.02. The van der Waals surface area contributed by atoms with Gasteiger partial charge in [-0.25, -0.2) is 8.78 Å². The Hall–Kier alpha value is -1.91. The van der Waals surface area contributed by atoms with Gasteiger partial charge in [0.2, 0.25) is 0 Å².